The van der Waals surface area contributed by atoms with Gasteiger partial charge in [0.25, 0.3) is 5.91 Å². The first kappa shape index (κ1) is 21.0. The van der Waals surface area contributed by atoms with Crippen molar-refractivity contribution >= 4 is 23.7 Å². The quantitative estimate of drug-likeness (QED) is 0.466. The maximum Gasteiger partial charge on any atom is 0.326 e. The average molecular weight is 400 g/mol. The number of imide groups is 1. The van der Waals surface area contributed by atoms with E-state index in [1.807, 2.05) is 27.7 Å². The molecule has 1 aromatic carbocycles. The smallest absolute Gasteiger partial charge is 0.326 e. The minimum Gasteiger partial charge on any atom is -0.456 e. The van der Waals surface area contributed by atoms with Crippen molar-refractivity contribution in [3.05, 3.63) is 33.9 Å². The number of ether oxygens (including phenoxy) is 1. The molecule has 1 saturated heterocycles. The molecule has 1 N–H and O–H groups in total. The third-order valence-electron chi connectivity index (χ3n) is 6.39. The number of aryl methyl sites for hydroxylation is 1. The highest BCUT2D eigenvalue weighted by atomic mass is 16.5. The minimum atomic E-state index is -0.875. The van der Waals surface area contributed by atoms with Gasteiger partial charge in [-0.3, -0.25) is 19.3 Å². The van der Waals surface area contributed by atoms with Crippen LogP contribution in [0.15, 0.2) is 6.07 Å². The number of amides is 3. The third kappa shape index (κ3) is 3.91. The van der Waals surface area contributed by atoms with Crippen LogP contribution in [-0.4, -0.2) is 47.3 Å². The number of benzene rings is 1. The van der Waals surface area contributed by atoms with Crippen LogP contribution in [0.4, 0.5) is 4.79 Å². The number of urea groups is 1. The Labute approximate surface area is 170 Å². The molecule has 1 heterocycles. The molecule has 1 aromatic rings. The molecule has 0 bridgehead atoms. The lowest BCUT2D eigenvalue weighted by Crippen LogP contribution is -2.48. The standard InChI is InChI=1S/C22H28N2O5/c1-13-10-17(16(4)15(3)14(13)2)18(25)12-29-19(26)11-24-20(27)22(23-21(24)28)8-6-5-7-9-22/h10H,5-9,11-12H2,1-4H3,(H,23,28). The van der Waals surface area contributed by atoms with Gasteiger partial charge in [0.05, 0.1) is 0 Å². The summed E-state index contributed by atoms with van der Waals surface area (Å²) < 4.78 is 5.10. The predicted molar refractivity (Wildman–Crippen MR) is 107 cm³/mol. The second-order valence-electron chi connectivity index (χ2n) is 8.16. The van der Waals surface area contributed by atoms with Crippen molar-refractivity contribution in [1.29, 1.82) is 0 Å². The van der Waals surface area contributed by atoms with E-state index >= 15 is 0 Å². The van der Waals surface area contributed by atoms with Crippen molar-refractivity contribution in [3.8, 4) is 0 Å². The van der Waals surface area contributed by atoms with E-state index in [4.69, 9.17) is 4.74 Å². The van der Waals surface area contributed by atoms with Crippen LogP contribution in [0.3, 0.4) is 0 Å². The highest BCUT2D eigenvalue weighted by Gasteiger charge is 2.51. The van der Waals surface area contributed by atoms with Crippen LogP contribution in [0.1, 0.15) is 64.7 Å². The van der Waals surface area contributed by atoms with Crippen molar-refractivity contribution in [1.82, 2.24) is 10.2 Å². The number of carbonyl (C=O) groups is 4. The fraction of sp³-hybridized carbons (Fsp3) is 0.545. The van der Waals surface area contributed by atoms with Crippen molar-refractivity contribution in [2.45, 2.75) is 65.3 Å². The van der Waals surface area contributed by atoms with E-state index in [9.17, 15) is 19.2 Å². The second-order valence-corrected chi connectivity index (χ2v) is 8.16. The molecule has 0 aromatic heterocycles. The topological polar surface area (TPSA) is 92.8 Å². The SMILES string of the molecule is Cc1cc(C(=O)COC(=O)CN2C(=O)NC3(CCCCC3)C2=O)c(C)c(C)c1C. The zero-order valence-corrected chi connectivity index (χ0v) is 17.5. The molecular weight excluding hydrogens is 372 g/mol. The van der Waals surface area contributed by atoms with Crippen LogP contribution < -0.4 is 5.32 Å². The number of esters is 1. The molecule has 1 aliphatic carbocycles. The first-order chi connectivity index (χ1) is 13.7. The normalized spacial score (nSPS) is 18.1. The van der Waals surface area contributed by atoms with E-state index in [0.29, 0.717) is 18.4 Å². The fourth-order valence-corrected chi connectivity index (χ4v) is 4.21. The molecule has 7 heteroatoms. The van der Waals surface area contributed by atoms with Crippen molar-refractivity contribution < 1.29 is 23.9 Å². The zero-order chi connectivity index (χ0) is 21.3. The summed E-state index contributed by atoms with van der Waals surface area (Å²) in [5.74, 6) is -1.44. The van der Waals surface area contributed by atoms with E-state index in [1.165, 1.54) is 0 Å². The number of nitrogens with zero attached hydrogens (tertiary/aromatic N) is 1. The predicted octanol–water partition coefficient (Wildman–Crippen LogP) is 2.90. The van der Waals surface area contributed by atoms with Gasteiger partial charge in [-0.25, -0.2) is 4.79 Å². The number of hydrogen-bond acceptors (Lipinski definition) is 5. The van der Waals surface area contributed by atoms with Crippen LogP contribution in [0.5, 0.6) is 0 Å². The average Bonchev–Trinajstić information content (AvgIpc) is 2.91. The van der Waals surface area contributed by atoms with Crippen molar-refractivity contribution in [2.75, 3.05) is 13.2 Å². The molecule has 1 spiro atoms. The summed E-state index contributed by atoms with van der Waals surface area (Å²) in [5.41, 5.74) is 3.68. The molecule has 156 valence electrons. The van der Waals surface area contributed by atoms with E-state index < -0.39 is 30.7 Å². The molecule has 0 atom stereocenters. The van der Waals surface area contributed by atoms with Gasteiger partial charge in [-0.2, -0.15) is 0 Å². The molecule has 29 heavy (non-hydrogen) atoms. The molecular formula is C22H28N2O5. The Balaban J connectivity index is 1.61. The Morgan fingerprint density at radius 3 is 2.34 bits per heavy atom. The van der Waals surface area contributed by atoms with Crippen molar-refractivity contribution in [3.63, 3.8) is 0 Å². The maximum atomic E-state index is 12.7. The number of hydrogen-bond donors (Lipinski definition) is 1. The number of rotatable bonds is 5. The van der Waals surface area contributed by atoms with Crippen LogP contribution in [0.25, 0.3) is 0 Å². The molecule has 3 rings (SSSR count). The first-order valence-electron chi connectivity index (χ1n) is 10.1. The van der Waals surface area contributed by atoms with E-state index in [2.05, 4.69) is 5.32 Å². The van der Waals surface area contributed by atoms with E-state index in [-0.39, 0.29) is 11.7 Å². The molecule has 1 aliphatic heterocycles. The number of carbonyl (C=O) groups excluding carboxylic acids is 4. The Bertz CT molecular complexity index is 884. The largest absolute Gasteiger partial charge is 0.456 e. The van der Waals surface area contributed by atoms with Crippen molar-refractivity contribution in [2.24, 2.45) is 0 Å². The number of nitrogens with one attached hydrogen (secondary N) is 1. The van der Waals surface area contributed by atoms with Gasteiger partial charge in [0.1, 0.15) is 12.1 Å². The summed E-state index contributed by atoms with van der Waals surface area (Å²) in [5, 5.41) is 2.75. The fourth-order valence-electron chi connectivity index (χ4n) is 4.21. The van der Waals surface area contributed by atoms with Gasteiger partial charge >= 0.3 is 12.0 Å². The summed E-state index contributed by atoms with van der Waals surface area (Å²) in [6, 6.07) is 1.23. The summed E-state index contributed by atoms with van der Waals surface area (Å²) in [6.45, 7) is 6.86. The maximum absolute atomic E-state index is 12.7. The molecule has 3 amide bonds. The lowest BCUT2D eigenvalue weighted by molar-refractivity contribution is -0.147. The molecule has 7 nitrogen and oxygen atoms in total. The molecule has 2 aliphatic rings. The van der Waals surface area contributed by atoms with E-state index in [1.54, 1.807) is 6.07 Å². The van der Waals surface area contributed by atoms with Gasteiger partial charge in [-0.05, 0) is 68.9 Å². The Morgan fingerprint density at radius 2 is 1.69 bits per heavy atom. The summed E-state index contributed by atoms with van der Waals surface area (Å²) in [4.78, 5) is 50.6. The Kier molecular flexibility index (Phi) is 5.78. The number of ketones is 1. The summed E-state index contributed by atoms with van der Waals surface area (Å²) in [7, 11) is 0. The van der Waals surface area contributed by atoms with Gasteiger partial charge in [-0.1, -0.05) is 19.3 Å². The zero-order valence-electron chi connectivity index (χ0n) is 17.5. The molecule has 0 unspecified atom stereocenters. The van der Waals surface area contributed by atoms with Crippen LogP contribution in [-0.2, 0) is 14.3 Å². The first-order valence-corrected chi connectivity index (χ1v) is 10.1. The van der Waals surface area contributed by atoms with Gasteiger partial charge in [0, 0.05) is 5.56 Å². The van der Waals surface area contributed by atoms with Crippen LogP contribution in [0.2, 0.25) is 0 Å². The number of Topliss-reactive ketones (excluding diaryl/α,β-unsaturated/α-hetero) is 1. The van der Waals surface area contributed by atoms with Gasteiger partial charge in [-0.15, -0.1) is 0 Å². The third-order valence-corrected chi connectivity index (χ3v) is 6.39. The molecule has 0 radical (unpaired) electrons. The highest BCUT2D eigenvalue weighted by molar-refractivity contribution is 6.09. The van der Waals surface area contributed by atoms with Crippen LogP contribution >= 0.6 is 0 Å². The van der Waals surface area contributed by atoms with E-state index in [0.717, 1.165) is 46.4 Å². The lowest BCUT2D eigenvalue weighted by Gasteiger charge is -2.30. The van der Waals surface area contributed by atoms with Gasteiger partial charge in [0.2, 0.25) is 5.78 Å². The Morgan fingerprint density at radius 1 is 1.03 bits per heavy atom. The molecule has 2 fully saturated rings. The van der Waals surface area contributed by atoms with Gasteiger partial charge < -0.3 is 10.1 Å². The second kappa shape index (κ2) is 7.97. The monoisotopic (exact) mass is 400 g/mol. The summed E-state index contributed by atoms with van der Waals surface area (Å²) >= 11 is 0. The Hall–Kier alpha value is -2.70. The van der Waals surface area contributed by atoms with Crippen LogP contribution in [0, 0.1) is 27.7 Å². The lowest BCUT2D eigenvalue weighted by atomic mass is 9.82. The van der Waals surface area contributed by atoms with Gasteiger partial charge in [0.15, 0.2) is 6.61 Å². The minimum absolute atomic E-state index is 0.303. The molecule has 1 saturated carbocycles. The summed E-state index contributed by atoms with van der Waals surface area (Å²) in [6.07, 6.45) is 3.95. The highest BCUT2D eigenvalue weighted by Crippen LogP contribution is 2.33.